The van der Waals surface area contributed by atoms with Crippen molar-refractivity contribution in [3.63, 3.8) is 0 Å². The number of nitrogens with zero attached hydrogens (tertiary/aromatic N) is 2. The molecule has 8 heteroatoms. The van der Waals surface area contributed by atoms with Gasteiger partial charge in [-0.3, -0.25) is 4.79 Å². The first-order chi connectivity index (χ1) is 13.9. The van der Waals surface area contributed by atoms with Crippen molar-refractivity contribution in [2.24, 2.45) is 0 Å². The second-order valence-electron chi connectivity index (χ2n) is 7.33. The smallest absolute Gasteiger partial charge is 0.254 e. The minimum absolute atomic E-state index is 0.0805. The van der Waals surface area contributed by atoms with Gasteiger partial charge in [-0.05, 0) is 42.2 Å². The van der Waals surface area contributed by atoms with Gasteiger partial charge in [0.25, 0.3) is 5.91 Å². The first kappa shape index (κ1) is 20.0. The quantitative estimate of drug-likeness (QED) is 0.766. The molecule has 1 fully saturated rings. The Labute approximate surface area is 169 Å². The number of benzene rings is 2. The Morgan fingerprint density at radius 3 is 2.66 bits per heavy atom. The van der Waals surface area contributed by atoms with Gasteiger partial charge < -0.3 is 9.64 Å². The second kappa shape index (κ2) is 7.85. The molecule has 0 bridgehead atoms. The number of ether oxygens (including phenoxy) is 1. The van der Waals surface area contributed by atoms with E-state index in [0.717, 1.165) is 30.5 Å². The zero-order valence-electron chi connectivity index (χ0n) is 16.2. The monoisotopic (exact) mass is 418 g/mol. The fraction of sp³-hybridized carbons (Fsp3) is 0.381. The van der Waals surface area contributed by atoms with E-state index in [-0.39, 0.29) is 43.8 Å². The van der Waals surface area contributed by atoms with Crippen molar-refractivity contribution in [2.45, 2.75) is 23.8 Å². The van der Waals surface area contributed by atoms with Crippen molar-refractivity contribution >= 4 is 15.9 Å². The van der Waals surface area contributed by atoms with Gasteiger partial charge in [0.2, 0.25) is 10.0 Å². The van der Waals surface area contributed by atoms with Crippen molar-refractivity contribution in [1.82, 2.24) is 9.21 Å². The van der Waals surface area contributed by atoms with Crippen LogP contribution in [0.3, 0.4) is 0 Å². The van der Waals surface area contributed by atoms with Gasteiger partial charge in [-0.2, -0.15) is 4.31 Å². The van der Waals surface area contributed by atoms with Crippen LogP contribution in [0.15, 0.2) is 47.4 Å². The van der Waals surface area contributed by atoms with E-state index in [2.05, 4.69) is 6.07 Å². The molecule has 1 saturated heterocycles. The number of carbonyl (C=O) groups excluding carboxylic acids is 1. The van der Waals surface area contributed by atoms with Gasteiger partial charge in [-0.25, -0.2) is 12.8 Å². The molecule has 1 amide bonds. The molecule has 0 N–H and O–H groups in total. The molecule has 4 rings (SSSR count). The highest BCUT2D eigenvalue weighted by atomic mass is 32.2. The summed E-state index contributed by atoms with van der Waals surface area (Å²) >= 11 is 0. The predicted octanol–water partition coefficient (Wildman–Crippen LogP) is 2.61. The van der Waals surface area contributed by atoms with Crippen LogP contribution in [0.1, 0.15) is 33.9 Å². The fourth-order valence-corrected chi connectivity index (χ4v) is 5.54. The van der Waals surface area contributed by atoms with Crippen LogP contribution in [0, 0.1) is 5.82 Å². The number of fused-ring (bicyclic) bond motifs is 1. The topological polar surface area (TPSA) is 66.9 Å². The summed E-state index contributed by atoms with van der Waals surface area (Å²) in [6.45, 7) is 0.865. The van der Waals surface area contributed by atoms with E-state index in [0.29, 0.717) is 0 Å². The summed E-state index contributed by atoms with van der Waals surface area (Å²) in [4.78, 5) is 14.2. The van der Waals surface area contributed by atoms with E-state index in [1.807, 2.05) is 18.2 Å². The Balaban J connectivity index is 1.62. The van der Waals surface area contributed by atoms with Gasteiger partial charge in [0, 0.05) is 25.7 Å². The number of hydrogen-bond acceptors (Lipinski definition) is 4. The first-order valence-corrected chi connectivity index (χ1v) is 11.1. The molecule has 1 heterocycles. The standard InChI is InChI=1S/C21H23FN2O4S/c1-23(19-9-7-15-4-2-3-5-17(15)19)21(25)16-6-8-18(22)20(14-16)29(26,27)24-10-12-28-13-11-24/h2-6,8,14,19H,7,9-13H2,1H3. The van der Waals surface area contributed by atoms with Crippen molar-refractivity contribution < 1.29 is 22.3 Å². The van der Waals surface area contributed by atoms with E-state index in [1.54, 1.807) is 11.9 Å². The lowest BCUT2D eigenvalue weighted by molar-refractivity contribution is 0.0725. The molecule has 0 spiro atoms. The Morgan fingerprint density at radius 2 is 1.90 bits per heavy atom. The van der Waals surface area contributed by atoms with Crippen molar-refractivity contribution in [2.75, 3.05) is 33.4 Å². The van der Waals surface area contributed by atoms with Gasteiger partial charge in [0.15, 0.2) is 0 Å². The van der Waals surface area contributed by atoms with Crippen LogP contribution in [0.4, 0.5) is 4.39 Å². The largest absolute Gasteiger partial charge is 0.379 e. The van der Waals surface area contributed by atoms with Gasteiger partial charge in [-0.1, -0.05) is 24.3 Å². The fourth-order valence-electron chi connectivity index (χ4n) is 4.04. The molecular formula is C21H23FN2O4S. The Bertz CT molecular complexity index is 1030. The summed E-state index contributed by atoms with van der Waals surface area (Å²) in [5.41, 5.74) is 2.48. The normalized spacial score (nSPS) is 19.7. The van der Waals surface area contributed by atoms with Crippen LogP contribution < -0.4 is 0 Å². The highest BCUT2D eigenvalue weighted by Crippen LogP contribution is 2.35. The lowest BCUT2D eigenvalue weighted by Gasteiger charge is -2.27. The average molecular weight is 418 g/mol. The molecule has 0 aromatic heterocycles. The number of aryl methyl sites for hydroxylation is 1. The van der Waals surface area contributed by atoms with Gasteiger partial charge >= 0.3 is 0 Å². The third-order valence-corrected chi connectivity index (χ3v) is 7.57. The molecule has 154 valence electrons. The number of sulfonamides is 1. The zero-order chi connectivity index (χ0) is 20.6. The molecule has 1 aliphatic carbocycles. The van der Waals surface area contributed by atoms with Gasteiger partial charge in [0.05, 0.1) is 19.3 Å². The maximum Gasteiger partial charge on any atom is 0.254 e. The summed E-state index contributed by atoms with van der Waals surface area (Å²) in [5.74, 6) is -1.19. The van der Waals surface area contributed by atoms with Crippen molar-refractivity contribution in [3.8, 4) is 0 Å². The number of halogens is 1. The highest BCUT2D eigenvalue weighted by Gasteiger charge is 2.32. The molecule has 29 heavy (non-hydrogen) atoms. The van der Waals surface area contributed by atoms with E-state index in [9.17, 15) is 17.6 Å². The SMILES string of the molecule is CN(C(=O)c1ccc(F)c(S(=O)(=O)N2CCOCC2)c1)C1CCc2ccccc21. The summed E-state index contributed by atoms with van der Waals surface area (Å²) in [5, 5.41) is 0. The number of amides is 1. The zero-order valence-corrected chi connectivity index (χ0v) is 17.0. The molecule has 1 aliphatic heterocycles. The van der Waals surface area contributed by atoms with E-state index in [1.165, 1.54) is 15.9 Å². The maximum atomic E-state index is 14.4. The van der Waals surface area contributed by atoms with Crippen LogP contribution in [-0.4, -0.2) is 56.9 Å². The molecule has 1 unspecified atom stereocenters. The second-order valence-corrected chi connectivity index (χ2v) is 9.24. The molecule has 6 nitrogen and oxygen atoms in total. The van der Waals surface area contributed by atoms with E-state index < -0.39 is 20.7 Å². The highest BCUT2D eigenvalue weighted by molar-refractivity contribution is 7.89. The number of morpholine rings is 1. The summed E-state index contributed by atoms with van der Waals surface area (Å²) in [6.07, 6.45) is 1.69. The minimum Gasteiger partial charge on any atom is -0.379 e. The van der Waals surface area contributed by atoms with Crippen LogP contribution in [0.5, 0.6) is 0 Å². The van der Waals surface area contributed by atoms with Gasteiger partial charge in [0.1, 0.15) is 10.7 Å². The van der Waals surface area contributed by atoms with Crippen molar-refractivity contribution in [1.29, 1.82) is 0 Å². The number of rotatable bonds is 4. The van der Waals surface area contributed by atoms with Crippen LogP contribution >= 0.6 is 0 Å². The molecule has 0 saturated carbocycles. The Morgan fingerprint density at radius 1 is 1.17 bits per heavy atom. The summed E-state index contributed by atoms with van der Waals surface area (Å²) in [6, 6.07) is 11.5. The minimum atomic E-state index is -4.03. The predicted molar refractivity (Wildman–Crippen MR) is 106 cm³/mol. The van der Waals surface area contributed by atoms with E-state index >= 15 is 0 Å². The lowest BCUT2D eigenvalue weighted by Crippen LogP contribution is -2.41. The van der Waals surface area contributed by atoms with Crippen LogP contribution in [0.2, 0.25) is 0 Å². The Hall–Kier alpha value is -2.29. The molecule has 2 aromatic carbocycles. The average Bonchev–Trinajstić information content (AvgIpc) is 3.17. The first-order valence-electron chi connectivity index (χ1n) is 9.62. The number of carbonyl (C=O) groups is 1. The molecule has 2 aromatic rings. The molecule has 0 radical (unpaired) electrons. The third-order valence-electron chi connectivity index (χ3n) is 5.66. The number of hydrogen-bond donors (Lipinski definition) is 0. The summed E-state index contributed by atoms with van der Waals surface area (Å²) in [7, 11) is -2.33. The maximum absolute atomic E-state index is 14.4. The lowest BCUT2D eigenvalue weighted by atomic mass is 10.1. The van der Waals surface area contributed by atoms with Gasteiger partial charge in [-0.15, -0.1) is 0 Å². The third kappa shape index (κ3) is 3.68. The van der Waals surface area contributed by atoms with E-state index in [4.69, 9.17) is 4.74 Å². The van der Waals surface area contributed by atoms with Crippen LogP contribution in [-0.2, 0) is 21.2 Å². The molecule has 2 aliphatic rings. The summed E-state index contributed by atoms with van der Waals surface area (Å²) < 4.78 is 46.6. The van der Waals surface area contributed by atoms with Crippen molar-refractivity contribution in [3.05, 3.63) is 65.0 Å². The molecular weight excluding hydrogens is 395 g/mol. The van der Waals surface area contributed by atoms with Crippen LogP contribution in [0.25, 0.3) is 0 Å². The Kier molecular flexibility index (Phi) is 5.42. The molecule has 1 atom stereocenters.